The number of fused-ring (bicyclic) bond motifs is 1. The van der Waals surface area contributed by atoms with Crippen molar-refractivity contribution in [3.8, 4) is 0 Å². The number of carbonyl (C=O) groups excluding carboxylic acids is 2. The number of amides is 3. The third-order valence-electron chi connectivity index (χ3n) is 4.29. The molecule has 3 amide bonds. The number of urea groups is 1. The molecule has 1 fully saturated rings. The van der Waals surface area contributed by atoms with Crippen molar-refractivity contribution in [2.24, 2.45) is 4.99 Å². The Labute approximate surface area is 179 Å². The van der Waals surface area contributed by atoms with Crippen LogP contribution in [-0.4, -0.2) is 60.5 Å². The van der Waals surface area contributed by atoms with Gasteiger partial charge < -0.3 is 20.9 Å². The fourth-order valence-corrected chi connectivity index (χ4v) is 2.96. The minimum atomic E-state index is -0.362. The first-order valence-corrected chi connectivity index (χ1v) is 8.94. The average Bonchev–Trinajstić information content (AvgIpc) is 3.19. The summed E-state index contributed by atoms with van der Waals surface area (Å²) >= 11 is 0. The highest BCUT2D eigenvalue weighted by atomic mass is 127. The number of nitrogens with zero attached hydrogens (tertiary/aromatic N) is 2. The molecule has 1 saturated heterocycles. The third-order valence-corrected chi connectivity index (χ3v) is 4.29. The highest BCUT2D eigenvalue weighted by molar-refractivity contribution is 14.0. The summed E-state index contributed by atoms with van der Waals surface area (Å²) in [7, 11) is 0. The molecule has 0 unspecified atom stereocenters. The molecule has 1 aliphatic rings. The minimum Gasteiger partial charge on any atom is -0.361 e. The summed E-state index contributed by atoms with van der Waals surface area (Å²) in [4.78, 5) is 31.8. The molecule has 8 nitrogen and oxygen atoms in total. The van der Waals surface area contributed by atoms with Crippen LogP contribution >= 0.6 is 24.0 Å². The van der Waals surface area contributed by atoms with Gasteiger partial charge in [-0.05, 0) is 37.1 Å². The van der Waals surface area contributed by atoms with Crippen LogP contribution in [0.25, 0.3) is 10.9 Å². The molecule has 4 N–H and O–H groups in total. The number of hydrogen-bond acceptors (Lipinski definition) is 3. The molecule has 1 aliphatic heterocycles. The van der Waals surface area contributed by atoms with Gasteiger partial charge in [0, 0.05) is 43.3 Å². The second-order valence-electron chi connectivity index (χ2n) is 6.15. The van der Waals surface area contributed by atoms with Crippen LogP contribution in [0.3, 0.4) is 0 Å². The molecule has 10 heteroatoms. The maximum atomic E-state index is 13.3. The van der Waals surface area contributed by atoms with Gasteiger partial charge in [-0.1, -0.05) is 0 Å². The van der Waals surface area contributed by atoms with E-state index >= 15 is 0 Å². The summed E-state index contributed by atoms with van der Waals surface area (Å²) in [6.45, 7) is 3.95. The summed E-state index contributed by atoms with van der Waals surface area (Å²) < 4.78 is 13.3. The molecule has 0 radical (unpaired) electrons. The van der Waals surface area contributed by atoms with E-state index in [1.165, 1.54) is 17.0 Å². The van der Waals surface area contributed by atoms with Gasteiger partial charge in [-0.2, -0.15) is 0 Å². The predicted molar refractivity (Wildman–Crippen MR) is 116 cm³/mol. The summed E-state index contributed by atoms with van der Waals surface area (Å²) in [5, 5.41) is 9.73. The number of aromatic nitrogens is 1. The standard InChI is InChI=1S/C18H23FN6O2.HI/c1-2-20-17(22-7-8-25-16(26)11-24-18(25)27)21-6-5-12-10-23-15-9-13(19)3-4-14(12)15;/h3-4,9-10,23H,2,5-8,11H2,1H3,(H,24,27)(H2,20,21,22);1H. The minimum absolute atomic E-state index is 0. The maximum Gasteiger partial charge on any atom is 0.324 e. The summed E-state index contributed by atoms with van der Waals surface area (Å²) in [6.07, 6.45) is 2.58. The fraction of sp³-hybridized carbons (Fsp3) is 0.389. The van der Waals surface area contributed by atoms with Crippen molar-refractivity contribution in [3.63, 3.8) is 0 Å². The molecule has 2 aromatic rings. The van der Waals surface area contributed by atoms with E-state index in [0.717, 1.165) is 16.5 Å². The topological polar surface area (TPSA) is 102 Å². The van der Waals surface area contributed by atoms with Gasteiger partial charge in [-0.15, -0.1) is 24.0 Å². The highest BCUT2D eigenvalue weighted by Gasteiger charge is 2.27. The van der Waals surface area contributed by atoms with Crippen LogP contribution in [0.15, 0.2) is 29.4 Å². The number of aliphatic imine (C=N–C) groups is 1. The zero-order chi connectivity index (χ0) is 19.2. The van der Waals surface area contributed by atoms with E-state index < -0.39 is 0 Å². The molecule has 1 aromatic carbocycles. The Hall–Kier alpha value is -2.37. The molecular weight excluding hydrogens is 478 g/mol. The predicted octanol–water partition coefficient (Wildman–Crippen LogP) is 1.57. The Kier molecular flexibility index (Phi) is 8.03. The van der Waals surface area contributed by atoms with Crippen LogP contribution in [-0.2, 0) is 11.2 Å². The fourth-order valence-electron chi connectivity index (χ4n) is 2.96. The number of H-pyrrole nitrogens is 1. The molecular formula is C18H24FIN6O2. The van der Waals surface area contributed by atoms with Gasteiger partial charge in [0.1, 0.15) is 5.82 Å². The van der Waals surface area contributed by atoms with E-state index in [4.69, 9.17) is 0 Å². The van der Waals surface area contributed by atoms with Crippen LogP contribution in [0.1, 0.15) is 12.5 Å². The van der Waals surface area contributed by atoms with Gasteiger partial charge in [0.2, 0.25) is 5.91 Å². The molecule has 2 heterocycles. The number of carbonyl (C=O) groups is 2. The number of rotatable bonds is 7. The Morgan fingerprint density at radius 2 is 2.14 bits per heavy atom. The lowest BCUT2D eigenvalue weighted by atomic mass is 10.1. The zero-order valence-electron chi connectivity index (χ0n) is 15.5. The molecule has 3 rings (SSSR count). The van der Waals surface area contributed by atoms with Gasteiger partial charge in [-0.25, -0.2) is 9.18 Å². The van der Waals surface area contributed by atoms with Crippen LogP contribution in [0, 0.1) is 5.82 Å². The maximum absolute atomic E-state index is 13.3. The molecule has 152 valence electrons. The molecule has 0 bridgehead atoms. The van der Waals surface area contributed by atoms with Gasteiger partial charge in [0.15, 0.2) is 5.96 Å². The average molecular weight is 502 g/mol. The number of halogens is 2. The van der Waals surface area contributed by atoms with Crippen LogP contribution in [0.4, 0.5) is 9.18 Å². The molecule has 0 aliphatic carbocycles. The Bertz CT molecular complexity index is 853. The smallest absolute Gasteiger partial charge is 0.324 e. The van der Waals surface area contributed by atoms with E-state index in [1.54, 1.807) is 6.07 Å². The number of aromatic amines is 1. The number of benzene rings is 1. The number of nitrogens with one attached hydrogen (secondary N) is 4. The normalized spacial score (nSPS) is 14.2. The van der Waals surface area contributed by atoms with E-state index in [-0.39, 0.29) is 54.8 Å². The molecule has 1 aromatic heterocycles. The molecule has 0 atom stereocenters. The Morgan fingerprint density at radius 1 is 1.32 bits per heavy atom. The lowest BCUT2D eigenvalue weighted by Gasteiger charge is -2.15. The van der Waals surface area contributed by atoms with Crippen molar-refractivity contribution in [1.82, 2.24) is 25.8 Å². The van der Waals surface area contributed by atoms with E-state index in [0.29, 0.717) is 32.0 Å². The first kappa shape index (κ1) is 21.9. The second-order valence-corrected chi connectivity index (χ2v) is 6.15. The summed E-state index contributed by atoms with van der Waals surface area (Å²) in [5.41, 5.74) is 1.84. The Balaban J connectivity index is 0.00000280. The highest BCUT2D eigenvalue weighted by Crippen LogP contribution is 2.19. The van der Waals surface area contributed by atoms with Gasteiger partial charge in [0.05, 0.1) is 6.54 Å². The van der Waals surface area contributed by atoms with E-state index in [9.17, 15) is 14.0 Å². The zero-order valence-corrected chi connectivity index (χ0v) is 17.9. The number of guanidine groups is 1. The van der Waals surface area contributed by atoms with Gasteiger partial charge in [-0.3, -0.25) is 14.7 Å². The Morgan fingerprint density at radius 3 is 2.86 bits per heavy atom. The van der Waals surface area contributed by atoms with Crippen LogP contribution in [0.5, 0.6) is 0 Å². The van der Waals surface area contributed by atoms with Crippen LogP contribution in [0.2, 0.25) is 0 Å². The van der Waals surface area contributed by atoms with Crippen LogP contribution < -0.4 is 16.0 Å². The van der Waals surface area contributed by atoms with Gasteiger partial charge in [0.25, 0.3) is 0 Å². The lowest BCUT2D eigenvalue weighted by molar-refractivity contribution is -0.124. The van der Waals surface area contributed by atoms with E-state index in [1.807, 2.05) is 13.1 Å². The van der Waals surface area contributed by atoms with Crippen molar-refractivity contribution >= 4 is 52.8 Å². The van der Waals surface area contributed by atoms with Crippen molar-refractivity contribution < 1.29 is 14.0 Å². The monoisotopic (exact) mass is 502 g/mol. The molecule has 28 heavy (non-hydrogen) atoms. The largest absolute Gasteiger partial charge is 0.361 e. The quantitative estimate of drug-likeness (QED) is 0.200. The van der Waals surface area contributed by atoms with Crippen molar-refractivity contribution in [2.45, 2.75) is 13.3 Å². The first-order valence-electron chi connectivity index (χ1n) is 8.94. The number of hydrogen-bond donors (Lipinski definition) is 4. The summed E-state index contributed by atoms with van der Waals surface area (Å²) in [6, 6.07) is 4.33. The third kappa shape index (κ3) is 5.33. The lowest BCUT2D eigenvalue weighted by Crippen LogP contribution is -2.43. The first-order chi connectivity index (χ1) is 13.1. The van der Waals surface area contributed by atoms with Crippen molar-refractivity contribution in [3.05, 3.63) is 35.8 Å². The molecule has 0 saturated carbocycles. The second kappa shape index (κ2) is 10.2. The van der Waals surface area contributed by atoms with Gasteiger partial charge >= 0.3 is 6.03 Å². The number of imide groups is 1. The summed E-state index contributed by atoms with van der Waals surface area (Å²) in [5.74, 6) is 0.132. The SMILES string of the molecule is CCNC(=NCCc1c[nH]c2cc(F)ccc12)NCCN1C(=O)CNC1=O.I. The van der Waals surface area contributed by atoms with Crippen molar-refractivity contribution in [1.29, 1.82) is 0 Å². The van der Waals surface area contributed by atoms with E-state index in [2.05, 4.69) is 25.9 Å². The van der Waals surface area contributed by atoms with Crippen molar-refractivity contribution in [2.75, 3.05) is 32.7 Å². The molecule has 0 spiro atoms.